The number of aromatic nitrogens is 3. The topological polar surface area (TPSA) is 95.1 Å². The van der Waals surface area contributed by atoms with Gasteiger partial charge in [-0.3, -0.25) is 4.79 Å². The lowest BCUT2D eigenvalue weighted by Gasteiger charge is -2.20. The number of hydrogen-bond acceptors (Lipinski definition) is 6. The van der Waals surface area contributed by atoms with Crippen molar-refractivity contribution in [1.29, 1.82) is 0 Å². The van der Waals surface area contributed by atoms with E-state index in [0.717, 1.165) is 16.9 Å². The van der Waals surface area contributed by atoms with E-state index in [1.54, 1.807) is 14.0 Å². The molecule has 0 aliphatic heterocycles. The monoisotopic (exact) mass is 383 g/mol. The third-order valence-corrected chi connectivity index (χ3v) is 5.00. The van der Waals surface area contributed by atoms with Crippen molar-refractivity contribution in [2.24, 2.45) is 0 Å². The van der Waals surface area contributed by atoms with E-state index in [4.69, 9.17) is 10.6 Å². The fourth-order valence-electron chi connectivity index (χ4n) is 2.58. The Morgan fingerprint density at radius 1 is 1.15 bits per heavy atom. The molecule has 0 radical (unpaired) electrons. The van der Waals surface area contributed by atoms with Gasteiger partial charge in [-0.15, -0.1) is 10.2 Å². The SMILES string of the molecule is COc1ccc([C@H](NC(=O)CSc2nnc(C)n2N)c2ccccc2)cc1. The van der Waals surface area contributed by atoms with Crippen LogP contribution in [0.1, 0.15) is 23.0 Å². The van der Waals surface area contributed by atoms with E-state index in [2.05, 4.69) is 15.5 Å². The van der Waals surface area contributed by atoms with Gasteiger partial charge >= 0.3 is 0 Å². The van der Waals surface area contributed by atoms with E-state index in [9.17, 15) is 4.79 Å². The van der Waals surface area contributed by atoms with Crippen molar-refractivity contribution in [1.82, 2.24) is 20.2 Å². The number of carbonyl (C=O) groups is 1. The lowest BCUT2D eigenvalue weighted by atomic mass is 9.98. The van der Waals surface area contributed by atoms with Crippen LogP contribution in [0.2, 0.25) is 0 Å². The molecule has 0 aliphatic rings. The predicted molar refractivity (Wildman–Crippen MR) is 105 cm³/mol. The number of nitrogen functional groups attached to an aromatic ring is 1. The molecule has 3 N–H and O–H groups in total. The van der Waals surface area contributed by atoms with Crippen LogP contribution in [-0.2, 0) is 4.79 Å². The second-order valence-electron chi connectivity index (χ2n) is 5.87. The molecular formula is C19H21N5O2S. The molecular weight excluding hydrogens is 362 g/mol. The highest BCUT2D eigenvalue weighted by atomic mass is 32.2. The van der Waals surface area contributed by atoms with Crippen molar-refractivity contribution in [2.45, 2.75) is 18.1 Å². The Labute approximate surface area is 161 Å². The molecule has 3 aromatic rings. The van der Waals surface area contributed by atoms with Gasteiger partial charge in [-0.1, -0.05) is 54.2 Å². The number of thioether (sulfide) groups is 1. The Kier molecular flexibility index (Phi) is 5.97. The largest absolute Gasteiger partial charge is 0.497 e. The van der Waals surface area contributed by atoms with Gasteiger partial charge in [0, 0.05) is 0 Å². The van der Waals surface area contributed by atoms with E-state index < -0.39 is 0 Å². The summed E-state index contributed by atoms with van der Waals surface area (Å²) in [4.78, 5) is 12.6. The summed E-state index contributed by atoms with van der Waals surface area (Å²) in [5.41, 5.74) is 1.97. The molecule has 3 rings (SSSR count). The molecule has 7 nitrogen and oxygen atoms in total. The van der Waals surface area contributed by atoms with E-state index in [0.29, 0.717) is 11.0 Å². The lowest BCUT2D eigenvalue weighted by Crippen LogP contribution is -2.30. The van der Waals surface area contributed by atoms with Gasteiger partial charge < -0.3 is 15.9 Å². The number of nitrogens with two attached hydrogens (primary N) is 1. The van der Waals surface area contributed by atoms with Crippen molar-refractivity contribution in [2.75, 3.05) is 18.7 Å². The van der Waals surface area contributed by atoms with Crippen LogP contribution in [0.25, 0.3) is 0 Å². The van der Waals surface area contributed by atoms with Gasteiger partial charge in [-0.2, -0.15) is 0 Å². The minimum absolute atomic E-state index is 0.120. The third-order valence-electron chi connectivity index (χ3n) is 4.05. The molecule has 0 fully saturated rings. The van der Waals surface area contributed by atoms with Crippen LogP contribution in [0.3, 0.4) is 0 Å². The number of amides is 1. The van der Waals surface area contributed by atoms with Gasteiger partial charge in [0.1, 0.15) is 11.6 Å². The number of ether oxygens (including phenoxy) is 1. The zero-order valence-electron chi connectivity index (χ0n) is 15.1. The van der Waals surface area contributed by atoms with Gasteiger partial charge in [-0.25, -0.2) is 4.68 Å². The normalized spacial score (nSPS) is 11.8. The average molecular weight is 383 g/mol. The summed E-state index contributed by atoms with van der Waals surface area (Å²) >= 11 is 1.25. The molecule has 0 aliphatic carbocycles. The first-order chi connectivity index (χ1) is 13.1. The van der Waals surface area contributed by atoms with Gasteiger partial charge in [0.25, 0.3) is 0 Å². The number of methoxy groups -OCH3 is 1. The first-order valence-corrected chi connectivity index (χ1v) is 9.35. The molecule has 1 atom stereocenters. The Morgan fingerprint density at radius 3 is 2.41 bits per heavy atom. The molecule has 0 saturated carbocycles. The number of nitrogens with zero attached hydrogens (tertiary/aromatic N) is 3. The van der Waals surface area contributed by atoms with Gasteiger partial charge in [-0.05, 0) is 30.2 Å². The second-order valence-corrected chi connectivity index (χ2v) is 6.82. The molecule has 0 bridgehead atoms. The zero-order chi connectivity index (χ0) is 19.2. The number of aryl methyl sites for hydroxylation is 1. The van der Waals surface area contributed by atoms with E-state index in [-0.39, 0.29) is 17.7 Å². The Bertz CT molecular complexity index is 896. The number of benzene rings is 2. The maximum atomic E-state index is 12.6. The molecule has 0 unspecified atom stereocenters. The number of rotatable bonds is 7. The maximum absolute atomic E-state index is 12.6. The van der Waals surface area contributed by atoms with Crippen LogP contribution in [0.5, 0.6) is 5.75 Å². The summed E-state index contributed by atoms with van der Waals surface area (Å²) in [6.45, 7) is 1.76. The first kappa shape index (κ1) is 18.8. The van der Waals surface area contributed by atoms with Crippen LogP contribution in [0.4, 0.5) is 0 Å². The summed E-state index contributed by atoms with van der Waals surface area (Å²) in [5, 5.41) is 11.4. The smallest absolute Gasteiger partial charge is 0.231 e. The molecule has 27 heavy (non-hydrogen) atoms. The predicted octanol–water partition coefficient (Wildman–Crippen LogP) is 2.31. The summed E-state index contributed by atoms with van der Waals surface area (Å²) in [6, 6.07) is 17.2. The van der Waals surface area contributed by atoms with E-state index >= 15 is 0 Å². The number of nitrogens with one attached hydrogen (secondary N) is 1. The van der Waals surface area contributed by atoms with E-state index in [1.807, 2.05) is 54.6 Å². The standard InChI is InChI=1S/C19H21N5O2S/c1-13-22-23-19(24(13)20)27-12-17(25)21-18(14-6-4-3-5-7-14)15-8-10-16(26-2)11-9-15/h3-11,18H,12,20H2,1-2H3,(H,21,25)/t18-/m1/s1. The molecule has 0 spiro atoms. The van der Waals surface area contributed by atoms with E-state index in [1.165, 1.54) is 16.4 Å². The van der Waals surface area contributed by atoms with Gasteiger partial charge in [0.05, 0.1) is 18.9 Å². The highest BCUT2D eigenvalue weighted by molar-refractivity contribution is 7.99. The molecule has 1 heterocycles. The van der Waals surface area contributed by atoms with Crippen molar-refractivity contribution in [3.63, 3.8) is 0 Å². The minimum Gasteiger partial charge on any atom is -0.497 e. The number of hydrogen-bond donors (Lipinski definition) is 2. The first-order valence-electron chi connectivity index (χ1n) is 8.36. The minimum atomic E-state index is -0.261. The Morgan fingerprint density at radius 2 is 1.81 bits per heavy atom. The second kappa shape index (κ2) is 8.59. The summed E-state index contributed by atoms with van der Waals surface area (Å²) in [6.07, 6.45) is 0. The van der Waals surface area contributed by atoms with Gasteiger partial charge in [0.15, 0.2) is 0 Å². The van der Waals surface area contributed by atoms with Crippen molar-refractivity contribution in [3.05, 3.63) is 71.5 Å². The lowest BCUT2D eigenvalue weighted by molar-refractivity contribution is -0.119. The van der Waals surface area contributed by atoms with Crippen LogP contribution in [0.15, 0.2) is 59.8 Å². The van der Waals surface area contributed by atoms with Crippen LogP contribution >= 0.6 is 11.8 Å². The van der Waals surface area contributed by atoms with Crippen molar-refractivity contribution < 1.29 is 9.53 Å². The van der Waals surface area contributed by atoms with Crippen molar-refractivity contribution >= 4 is 17.7 Å². The molecule has 0 saturated heterocycles. The zero-order valence-corrected chi connectivity index (χ0v) is 15.9. The molecule has 1 aromatic heterocycles. The average Bonchev–Trinajstić information content (AvgIpc) is 3.03. The number of carbonyl (C=O) groups excluding carboxylic acids is 1. The highest BCUT2D eigenvalue weighted by Gasteiger charge is 2.18. The third kappa shape index (κ3) is 4.59. The molecule has 140 valence electrons. The Balaban J connectivity index is 1.74. The molecule has 1 amide bonds. The summed E-state index contributed by atoms with van der Waals surface area (Å²) in [7, 11) is 1.63. The van der Waals surface area contributed by atoms with Crippen LogP contribution in [-0.4, -0.2) is 33.6 Å². The van der Waals surface area contributed by atoms with Crippen LogP contribution < -0.4 is 15.9 Å². The fraction of sp³-hybridized carbons (Fsp3) is 0.211. The molecule has 8 heteroatoms. The Hall–Kier alpha value is -3.00. The highest BCUT2D eigenvalue weighted by Crippen LogP contribution is 2.24. The van der Waals surface area contributed by atoms with Crippen LogP contribution in [0, 0.1) is 6.92 Å². The van der Waals surface area contributed by atoms with Crippen molar-refractivity contribution in [3.8, 4) is 5.75 Å². The maximum Gasteiger partial charge on any atom is 0.231 e. The quantitative estimate of drug-likeness (QED) is 0.480. The fourth-order valence-corrected chi connectivity index (χ4v) is 3.30. The summed E-state index contributed by atoms with van der Waals surface area (Å²) in [5.74, 6) is 7.26. The van der Waals surface area contributed by atoms with Gasteiger partial charge in [0.2, 0.25) is 11.1 Å². The summed E-state index contributed by atoms with van der Waals surface area (Å²) < 4.78 is 6.59. The molecule has 2 aromatic carbocycles.